The third kappa shape index (κ3) is 2.85. The van der Waals surface area contributed by atoms with Gasteiger partial charge in [0, 0.05) is 32.2 Å². The number of hydrogen-bond acceptors (Lipinski definition) is 3. The fourth-order valence-electron chi connectivity index (χ4n) is 5.97. The van der Waals surface area contributed by atoms with Crippen LogP contribution in [0.3, 0.4) is 0 Å². The molecule has 0 unspecified atom stereocenters. The highest BCUT2D eigenvalue weighted by molar-refractivity contribution is 5.86. The van der Waals surface area contributed by atoms with Gasteiger partial charge in [0.05, 0.1) is 11.8 Å². The summed E-state index contributed by atoms with van der Waals surface area (Å²) in [5.74, 6) is -0.723. The number of nitrogens with zero attached hydrogens (tertiary/aromatic N) is 2. The van der Waals surface area contributed by atoms with Crippen molar-refractivity contribution in [3.05, 3.63) is 0 Å². The van der Waals surface area contributed by atoms with Gasteiger partial charge in [-0.2, -0.15) is 0 Å². The largest absolute Gasteiger partial charge is 0.481 e. The molecule has 0 aromatic carbocycles. The van der Waals surface area contributed by atoms with Gasteiger partial charge in [-0.3, -0.25) is 14.5 Å². The minimum atomic E-state index is -0.749. The van der Waals surface area contributed by atoms with Crippen LogP contribution in [-0.4, -0.2) is 59.0 Å². The highest BCUT2D eigenvalue weighted by atomic mass is 16.4. The molecule has 4 fully saturated rings. The zero-order valence-electron chi connectivity index (χ0n) is 14.5. The first-order valence-corrected chi connectivity index (χ1v) is 9.91. The number of carboxylic acids is 1. The molecule has 4 rings (SSSR count). The van der Waals surface area contributed by atoms with E-state index in [2.05, 4.69) is 4.90 Å². The predicted molar refractivity (Wildman–Crippen MR) is 90.5 cm³/mol. The number of amides is 1. The van der Waals surface area contributed by atoms with Gasteiger partial charge in [0.15, 0.2) is 0 Å². The molecule has 4 atom stereocenters. The number of carbonyl (C=O) groups is 2. The number of fused-ring (bicyclic) bond motifs is 2. The molecule has 1 heterocycles. The highest BCUT2D eigenvalue weighted by Gasteiger charge is 2.54. The summed E-state index contributed by atoms with van der Waals surface area (Å²) in [6, 6.07) is 0.713. The number of hydrogen-bond donors (Lipinski definition) is 1. The molecule has 1 saturated heterocycles. The first kappa shape index (κ1) is 16.4. The number of rotatable bonds is 3. The second-order valence-electron chi connectivity index (χ2n) is 8.38. The summed E-state index contributed by atoms with van der Waals surface area (Å²) in [5.41, 5.74) is 0. The maximum absolute atomic E-state index is 13.0. The molecule has 0 aromatic heterocycles. The molecule has 1 amide bonds. The molecule has 5 heteroatoms. The average molecular weight is 334 g/mol. The van der Waals surface area contributed by atoms with Crippen molar-refractivity contribution in [1.29, 1.82) is 0 Å². The van der Waals surface area contributed by atoms with Crippen molar-refractivity contribution in [3.63, 3.8) is 0 Å². The Balaban J connectivity index is 1.37. The summed E-state index contributed by atoms with van der Waals surface area (Å²) in [5, 5.41) is 9.59. The van der Waals surface area contributed by atoms with Crippen molar-refractivity contribution in [1.82, 2.24) is 9.80 Å². The van der Waals surface area contributed by atoms with Gasteiger partial charge in [-0.25, -0.2) is 0 Å². The smallest absolute Gasteiger partial charge is 0.307 e. The van der Waals surface area contributed by atoms with Crippen LogP contribution in [0.1, 0.15) is 51.4 Å². The third-order valence-corrected chi connectivity index (χ3v) is 7.20. The van der Waals surface area contributed by atoms with E-state index < -0.39 is 11.9 Å². The molecule has 0 aromatic rings. The summed E-state index contributed by atoms with van der Waals surface area (Å²) < 4.78 is 0. The molecule has 1 N–H and O–H groups in total. The van der Waals surface area contributed by atoms with Crippen LogP contribution in [0.5, 0.6) is 0 Å². The molecule has 4 aliphatic rings. The van der Waals surface area contributed by atoms with Crippen molar-refractivity contribution >= 4 is 11.9 Å². The summed E-state index contributed by atoms with van der Waals surface area (Å²) in [6.45, 7) is 3.51. The van der Waals surface area contributed by atoms with E-state index in [0.717, 1.165) is 45.4 Å². The van der Waals surface area contributed by atoms with Crippen LogP contribution in [0.15, 0.2) is 0 Å². The van der Waals surface area contributed by atoms with Crippen molar-refractivity contribution in [2.75, 3.05) is 26.2 Å². The van der Waals surface area contributed by atoms with Crippen molar-refractivity contribution in [3.8, 4) is 0 Å². The molecular weight excluding hydrogens is 304 g/mol. The lowest BCUT2D eigenvalue weighted by molar-refractivity contribution is -0.153. The van der Waals surface area contributed by atoms with Crippen LogP contribution in [0.4, 0.5) is 0 Å². The lowest BCUT2D eigenvalue weighted by Gasteiger charge is -2.42. The summed E-state index contributed by atoms with van der Waals surface area (Å²) in [7, 11) is 0. The maximum Gasteiger partial charge on any atom is 0.307 e. The third-order valence-electron chi connectivity index (χ3n) is 7.20. The Morgan fingerprint density at radius 1 is 0.792 bits per heavy atom. The van der Waals surface area contributed by atoms with Crippen LogP contribution in [0.25, 0.3) is 0 Å². The Hall–Kier alpha value is -1.10. The molecule has 3 saturated carbocycles. The van der Waals surface area contributed by atoms with Crippen LogP contribution in [0.2, 0.25) is 0 Å². The minimum Gasteiger partial charge on any atom is -0.481 e. The Morgan fingerprint density at radius 3 is 2.04 bits per heavy atom. The van der Waals surface area contributed by atoms with Gasteiger partial charge < -0.3 is 10.0 Å². The van der Waals surface area contributed by atoms with Crippen molar-refractivity contribution < 1.29 is 14.7 Å². The first-order chi connectivity index (χ1) is 11.6. The second-order valence-corrected chi connectivity index (χ2v) is 8.38. The average Bonchev–Trinajstić information content (AvgIpc) is 3.23. The van der Waals surface area contributed by atoms with Gasteiger partial charge in [0.25, 0.3) is 0 Å². The lowest BCUT2D eigenvalue weighted by Crippen LogP contribution is -2.54. The quantitative estimate of drug-likeness (QED) is 0.860. The monoisotopic (exact) mass is 334 g/mol. The molecular formula is C19H30N2O3. The Morgan fingerprint density at radius 2 is 1.42 bits per heavy atom. The molecule has 2 bridgehead atoms. The van der Waals surface area contributed by atoms with E-state index >= 15 is 0 Å². The van der Waals surface area contributed by atoms with Gasteiger partial charge in [-0.1, -0.05) is 19.3 Å². The van der Waals surface area contributed by atoms with Gasteiger partial charge in [-0.15, -0.1) is 0 Å². The van der Waals surface area contributed by atoms with Gasteiger partial charge in [0.2, 0.25) is 5.91 Å². The van der Waals surface area contributed by atoms with Crippen LogP contribution >= 0.6 is 0 Å². The molecule has 3 aliphatic carbocycles. The fourth-order valence-corrected chi connectivity index (χ4v) is 5.97. The van der Waals surface area contributed by atoms with E-state index in [1.54, 1.807) is 0 Å². The topological polar surface area (TPSA) is 60.9 Å². The second kappa shape index (κ2) is 6.66. The number of carboxylic acid groups (broad SMARTS) is 1. The lowest BCUT2D eigenvalue weighted by atomic mass is 9.78. The molecule has 0 spiro atoms. The van der Waals surface area contributed by atoms with E-state index in [9.17, 15) is 14.7 Å². The van der Waals surface area contributed by atoms with Crippen LogP contribution in [-0.2, 0) is 9.59 Å². The maximum atomic E-state index is 13.0. The van der Waals surface area contributed by atoms with Gasteiger partial charge >= 0.3 is 5.97 Å². The summed E-state index contributed by atoms with van der Waals surface area (Å²) >= 11 is 0. The highest BCUT2D eigenvalue weighted by Crippen LogP contribution is 2.53. The van der Waals surface area contributed by atoms with Gasteiger partial charge in [0.1, 0.15) is 0 Å². The normalized spacial score (nSPS) is 37.8. The molecule has 1 aliphatic heterocycles. The standard InChI is InChI=1S/C19H30N2O3/c22-18(16-13-6-7-14(12-13)17(16)19(23)24)21-10-8-20(9-11-21)15-4-2-1-3-5-15/h13-17H,1-12H2,(H,23,24)/t13-,14+,16-,17-/m0/s1. The Labute approximate surface area is 144 Å². The van der Waals surface area contributed by atoms with E-state index in [1.807, 2.05) is 4.90 Å². The summed E-state index contributed by atoms with van der Waals surface area (Å²) in [6.07, 6.45) is 9.67. The number of piperazine rings is 1. The zero-order chi connectivity index (χ0) is 16.7. The molecule has 24 heavy (non-hydrogen) atoms. The Bertz CT molecular complexity index is 495. The van der Waals surface area contributed by atoms with Crippen LogP contribution in [0, 0.1) is 23.7 Å². The predicted octanol–water partition coefficient (Wildman–Crippen LogP) is 2.21. The van der Waals surface area contributed by atoms with Gasteiger partial charge in [-0.05, 0) is 43.9 Å². The minimum absolute atomic E-state index is 0.137. The van der Waals surface area contributed by atoms with E-state index in [4.69, 9.17) is 0 Å². The zero-order valence-corrected chi connectivity index (χ0v) is 14.5. The number of aliphatic carboxylic acids is 1. The van der Waals surface area contributed by atoms with E-state index in [-0.39, 0.29) is 17.7 Å². The molecule has 134 valence electrons. The van der Waals surface area contributed by atoms with E-state index in [1.165, 1.54) is 32.1 Å². The van der Waals surface area contributed by atoms with Crippen molar-refractivity contribution in [2.45, 2.75) is 57.4 Å². The first-order valence-electron chi connectivity index (χ1n) is 9.91. The number of carbonyl (C=O) groups excluding carboxylic acids is 1. The van der Waals surface area contributed by atoms with Crippen molar-refractivity contribution in [2.24, 2.45) is 23.7 Å². The van der Waals surface area contributed by atoms with E-state index in [0.29, 0.717) is 12.0 Å². The van der Waals surface area contributed by atoms with Crippen LogP contribution < -0.4 is 0 Å². The molecule has 5 nitrogen and oxygen atoms in total. The fraction of sp³-hybridized carbons (Fsp3) is 0.895. The summed E-state index contributed by atoms with van der Waals surface area (Å²) in [4.78, 5) is 29.2. The molecule has 0 radical (unpaired) electrons. The SMILES string of the molecule is O=C(O)[C@H]1[C@@H]2CC[C@@H](C2)[C@@H]1C(=O)N1CCN(C2CCCCC2)CC1. The Kier molecular flexibility index (Phi) is 4.54.